The van der Waals surface area contributed by atoms with E-state index in [2.05, 4.69) is 17.2 Å². The highest BCUT2D eigenvalue weighted by atomic mass is 16.3. The van der Waals surface area contributed by atoms with E-state index >= 15 is 0 Å². The van der Waals surface area contributed by atoms with Gasteiger partial charge >= 0.3 is 0 Å². The van der Waals surface area contributed by atoms with E-state index in [-0.39, 0.29) is 5.91 Å². The van der Waals surface area contributed by atoms with Crippen LogP contribution in [0.15, 0.2) is 24.3 Å². The second-order valence-electron chi connectivity index (χ2n) is 6.61. The summed E-state index contributed by atoms with van der Waals surface area (Å²) in [6, 6.07) is 7.45. The van der Waals surface area contributed by atoms with Gasteiger partial charge in [0.05, 0.1) is 6.10 Å². The summed E-state index contributed by atoms with van der Waals surface area (Å²) in [6.07, 6.45) is 5.66. The molecule has 4 nitrogen and oxygen atoms in total. The molecule has 2 rings (SSSR count). The van der Waals surface area contributed by atoms with Crippen molar-refractivity contribution in [2.45, 2.75) is 63.6 Å². The van der Waals surface area contributed by atoms with Crippen LogP contribution in [0.1, 0.15) is 69.1 Å². The van der Waals surface area contributed by atoms with Gasteiger partial charge in [-0.15, -0.1) is 0 Å². The molecule has 0 radical (unpaired) electrons. The van der Waals surface area contributed by atoms with Gasteiger partial charge in [0.15, 0.2) is 0 Å². The number of nitrogens with one attached hydrogen (secondary N) is 1. The number of rotatable bonds is 4. The molecule has 3 N–H and O–H groups in total. The minimum atomic E-state index is -0.878. The molecule has 1 atom stereocenters. The van der Waals surface area contributed by atoms with Gasteiger partial charge in [-0.25, -0.2) is 0 Å². The molecule has 1 unspecified atom stereocenters. The molecule has 1 aromatic rings. The summed E-state index contributed by atoms with van der Waals surface area (Å²) in [5.74, 6) is 6.02. The van der Waals surface area contributed by atoms with Crippen molar-refractivity contribution in [2.24, 2.45) is 0 Å². The number of hydrogen-bond donors (Lipinski definition) is 3. The van der Waals surface area contributed by atoms with Gasteiger partial charge in [0.25, 0.3) is 0 Å². The number of aliphatic hydroxyl groups is 2. The van der Waals surface area contributed by atoms with Crippen LogP contribution in [-0.2, 0) is 4.79 Å². The molecule has 1 saturated carbocycles. The van der Waals surface area contributed by atoms with Crippen LogP contribution in [0.4, 0.5) is 0 Å². The Morgan fingerprint density at radius 3 is 2.67 bits per heavy atom. The Balaban J connectivity index is 2.02. The first-order valence-corrected chi connectivity index (χ1v) is 8.76. The average molecular weight is 329 g/mol. The average Bonchev–Trinajstić information content (AvgIpc) is 2.78. The lowest BCUT2D eigenvalue weighted by Gasteiger charge is -2.19. The van der Waals surface area contributed by atoms with Gasteiger partial charge in [0, 0.05) is 19.0 Å². The van der Waals surface area contributed by atoms with Crippen molar-refractivity contribution in [3.63, 3.8) is 0 Å². The first kappa shape index (κ1) is 18.5. The van der Waals surface area contributed by atoms with Crippen LogP contribution in [0.5, 0.6) is 0 Å². The maximum atomic E-state index is 10.9. The van der Waals surface area contributed by atoms with E-state index in [0.717, 1.165) is 36.8 Å². The third-order valence-corrected chi connectivity index (χ3v) is 4.43. The fraction of sp³-hybridized carbons (Fsp3) is 0.550. The normalized spacial score (nSPS) is 18.0. The lowest BCUT2D eigenvalue weighted by atomic mass is 9.94. The molecular formula is C20H27NO3. The van der Waals surface area contributed by atoms with Crippen LogP contribution in [0.3, 0.4) is 0 Å². The zero-order valence-corrected chi connectivity index (χ0v) is 14.3. The van der Waals surface area contributed by atoms with Gasteiger partial charge < -0.3 is 15.5 Å². The number of aliphatic hydroxyl groups excluding tert-OH is 1. The fourth-order valence-corrected chi connectivity index (χ4v) is 3.00. The summed E-state index contributed by atoms with van der Waals surface area (Å²) in [7, 11) is 0. The van der Waals surface area contributed by atoms with Gasteiger partial charge in [-0.1, -0.05) is 36.8 Å². The maximum absolute atomic E-state index is 10.9. The first-order chi connectivity index (χ1) is 11.5. The summed E-state index contributed by atoms with van der Waals surface area (Å²) in [4.78, 5) is 10.9. The van der Waals surface area contributed by atoms with Gasteiger partial charge in [-0.3, -0.25) is 4.79 Å². The summed E-state index contributed by atoms with van der Waals surface area (Å²) in [5, 5.41) is 23.5. The van der Waals surface area contributed by atoms with Crippen molar-refractivity contribution < 1.29 is 15.0 Å². The van der Waals surface area contributed by atoms with E-state index in [9.17, 15) is 15.0 Å². The molecule has 0 heterocycles. The first-order valence-electron chi connectivity index (χ1n) is 8.76. The van der Waals surface area contributed by atoms with Crippen LogP contribution >= 0.6 is 0 Å². The van der Waals surface area contributed by atoms with Crippen molar-refractivity contribution in [1.29, 1.82) is 0 Å². The topological polar surface area (TPSA) is 69.6 Å². The smallest absolute Gasteiger partial charge is 0.216 e. The van der Waals surface area contributed by atoms with Crippen LogP contribution in [0.25, 0.3) is 0 Å². The Kier molecular flexibility index (Phi) is 6.84. The molecule has 1 aliphatic rings. The zero-order chi connectivity index (χ0) is 17.4. The van der Waals surface area contributed by atoms with E-state index in [4.69, 9.17) is 0 Å². The molecule has 130 valence electrons. The molecule has 0 saturated heterocycles. The molecule has 1 fully saturated rings. The quantitative estimate of drug-likeness (QED) is 0.587. The lowest BCUT2D eigenvalue weighted by Crippen LogP contribution is -2.25. The highest BCUT2D eigenvalue weighted by molar-refractivity contribution is 5.72. The van der Waals surface area contributed by atoms with Gasteiger partial charge in [-0.05, 0) is 49.8 Å². The van der Waals surface area contributed by atoms with E-state index < -0.39 is 11.7 Å². The second-order valence-corrected chi connectivity index (χ2v) is 6.61. The highest BCUT2D eigenvalue weighted by Gasteiger charge is 2.25. The van der Waals surface area contributed by atoms with Crippen LogP contribution in [0.2, 0.25) is 0 Å². The molecule has 0 spiro atoms. The van der Waals surface area contributed by atoms with Crippen molar-refractivity contribution >= 4 is 5.91 Å². The van der Waals surface area contributed by atoms with Gasteiger partial charge in [-0.2, -0.15) is 0 Å². The monoisotopic (exact) mass is 329 g/mol. The molecule has 0 bridgehead atoms. The number of benzene rings is 1. The van der Waals surface area contributed by atoms with Crippen LogP contribution < -0.4 is 5.32 Å². The van der Waals surface area contributed by atoms with Crippen LogP contribution in [0, 0.1) is 11.8 Å². The summed E-state index contributed by atoms with van der Waals surface area (Å²) in [6.45, 7) is 1.90. The largest absolute Gasteiger partial charge is 0.388 e. The van der Waals surface area contributed by atoms with Crippen molar-refractivity contribution in [3.05, 3.63) is 35.4 Å². The number of carbonyl (C=O) groups excluding carboxylic acids is 1. The molecule has 1 amide bonds. The Bertz CT molecular complexity index is 607. The highest BCUT2D eigenvalue weighted by Crippen LogP contribution is 2.26. The molecule has 24 heavy (non-hydrogen) atoms. The number of amides is 1. The van der Waals surface area contributed by atoms with Gasteiger partial charge in [0.2, 0.25) is 5.91 Å². The van der Waals surface area contributed by atoms with Crippen molar-refractivity contribution in [1.82, 2.24) is 5.32 Å². The van der Waals surface area contributed by atoms with Crippen LogP contribution in [-0.4, -0.2) is 28.3 Å². The standard InChI is InChI=1S/C20H27NO3/c1-16(22)21-14-10-19(23)18-8-6-7-17(15-18)9-13-20(24)11-4-2-3-5-12-20/h6-8,15,19,23-24H,2-5,10-12,14H2,1H3,(H,21,22). The maximum Gasteiger partial charge on any atom is 0.216 e. The third-order valence-electron chi connectivity index (χ3n) is 4.43. The van der Waals surface area contributed by atoms with E-state index in [1.807, 2.05) is 24.3 Å². The predicted octanol–water partition coefficient (Wildman–Crippen LogP) is 2.68. The van der Waals surface area contributed by atoms with E-state index in [1.54, 1.807) is 0 Å². The molecule has 1 aromatic carbocycles. The SMILES string of the molecule is CC(=O)NCCC(O)c1cccc(C#CC2(O)CCCCCC2)c1. The second kappa shape index (κ2) is 8.86. The third kappa shape index (κ3) is 5.99. The summed E-state index contributed by atoms with van der Waals surface area (Å²) >= 11 is 0. The number of hydrogen-bond acceptors (Lipinski definition) is 3. The van der Waals surface area contributed by atoms with Crippen molar-refractivity contribution in [2.75, 3.05) is 6.54 Å². The summed E-state index contributed by atoms with van der Waals surface area (Å²) in [5.41, 5.74) is 0.694. The Morgan fingerprint density at radius 1 is 1.29 bits per heavy atom. The number of carbonyl (C=O) groups is 1. The minimum absolute atomic E-state index is 0.0986. The van der Waals surface area contributed by atoms with E-state index in [1.165, 1.54) is 19.8 Å². The predicted molar refractivity (Wildman–Crippen MR) is 94.2 cm³/mol. The fourth-order valence-electron chi connectivity index (χ4n) is 3.00. The summed E-state index contributed by atoms with van der Waals surface area (Å²) < 4.78 is 0. The molecule has 0 aromatic heterocycles. The molecular weight excluding hydrogens is 302 g/mol. The lowest BCUT2D eigenvalue weighted by molar-refractivity contribution is -0.119. The Morgan fingerprint density at radius 2 is 2.00 bits per heavy atom. The zero-order valence-electron chi connectivity index (χ0n) is 14.3. The van der Waals surface area contributed by atoms with Crippen molar-refractivity contribution in [3.8, 4) is 11.8 Å². The van der Waals surface area contributed by atoms with Gasteiger partial charge in [0.1, 0.15) is 5.60 Å². The molecule has 0 aliphatic heterocycles. The molecule has 4 heteroatoms. The minimum Gasteiger partial charge on any atom is -0.388 e. The molecule has 1 aliphatic carbocycles. The Labute approximate surface area is 144 Å². The Hall–Kier alpha value is -1.83. The van der Waals surface area contributed by atoms with E-state index in [0.29, 0.717) is 13.0 Å².